The molecule has 1 unspecified atom stereocenters. The number of hydrogen-bond donors (Lipinski definition) is 0. The summed E-state index contributed by atoms with van der Waals surface area (Å²) < 4.78 is 0. The minimum absolute atomic E-state index is 0.667. The van der Waals surface area contributed by atoms with E-state index in [9.17, 15) is 0 Å². The molecular weight excluding hydrogens is 144 g/mol. The van der Waals surface area contributed by atoms with Crippen molar-refractivity contribution in [1.29, 1.82) is 0 Å². The summed E-state index contributed by atoms with van der Waals surface area (Å²) in [6.07, 6.45) is 0. The fourth-order valence-corrected chi connectivity index (χ4v) is 1.03. The zero-order valence-corrected chi connectivity index (χ0v) is 9.94. The highest BCUT2D eigenvalue weighted by molar-refractivity contribution is 4.96. The number of rotatable bonds is 3. The first-order valence-corrected chi connectivity index (χ1v) is 5.12. The predicted molar refractivity (Wildman–Crippen MR) is 59.3 cm³/mol. The maximum atomic E-state index is 3.96. The molecule has 0 aliphatic carbocycles. The Morgan fingerprint density at radius 3 is 1.42 bits per heavy atom. The molecule has 0 aromatic carbocycles. The maximum Gasteiger partial charge on any atom is -0.0209 e. The van der Waals surface area contributed by atoms with E-state index in [1.54, 1.807) is 0 Å². The van der Waals surface area contributed by atoms with E-state index in [1.807, 2.05) is 13.8 Å². The van der Waals surface area contributed by atoms with Crippen LogP contribution in [0, 0.1) is 17.8 Å². The van der Waals surface area contributed by atoms with E-state index in [0.29, 0.717) is 5.92 Å². The van der Waals surface area contributed by atoms with Crippen LogP contribution in [0.3, 0.4) is 0 Å². The lowest BCUT2D eigenvalue weighted by molar-refractivity contribution is 0.331. The van der Waals surface area contributed by atoms with Gasteiger partial charge in [0.05, 0.1) is 0 Å². The van der Waals surface area contributed by atoms with Crippen LogP contribution in [0.25, 0.3) is 0 Å². The zero-order chi connectivity index (χ0) is 10.3. The lowest BCUT2D eigenvalue weighted by Crippen LogP contribution is -2.14. The minimum Gasteiger partial charge on any atom is -0.0999 e. The van der Waals surface area contributed by atoms with Gasteiger partial charge in [-0.1, -0.05) is 53.7 Å². The van der Waals surface area contributed by atoms with Crippen molar-refractivity contribution in [3.63, 3.8) is 0 Å². The Kier molecular flexibility index (Phi) is 8.79. The van der Waals surface area contributed by atoms with Gasteiger partial charge >= 0.3 is 0 Å². The lowest BCUT2D eigenvalue weighted by Gasteiger charge is -2.23. The lowest BCUT2D eigenvalue weighted by atomic mass is 9.83. The number of hydrogen-bond acceptors (Lipinski definition) is 0. The van der Waals surface area contributed by atoms with E-state index < -0.39 is 0 Å². The van der Waals surface area contributed by atoms with E-state index >= 15 is 0 Å². The largest absolute Gasteiger partial charge is 0.0999 e. The van der Waals surface area contributed by atoms with Crippen LogP contribution in [-0.2, 0) is 0 Å². The molecule has 0 saturated heterocycles. The molecule has 0 rings (SSSR count). The summed E-state index contributed by atoms with van der Waals surface area (Å²) in [5.41, 5.74) is 1.31. The van der Waals surface area contributed by atoms with Gasteiger partial charge in [-0.05, 0) is 24.7 Å². The van der Waals surface area contributed by atoms with Crippen LogP contribution >= 0.6 is 0 Å². The predicted octanol–water partition coefficient (Wildman–Crippen LogP) is 4.52. The molecule has 0 aliphatic rings. The Bertz CT molecular complexity index is 111. The topological polar surface area (TPSA) is 0 Å². The zero-order valence-electron chi connectivity index (χ0n) is 9.94. The van der Waals surface area contributed by atoms with Gasteiger partial charge in [-0.15, -0.1) is 0 Å². The van der Waals surface area contributed by atoms with Gasteiger partial charge in [0.1, 0.15) is 0 Å². The maximum absolute atomic E-state index is 3.96. The Morgan fingerprint density at radius 2 is 1.33 bits per heavy atom. The molecule has 0 amide bonds. The highest BCUT2D eigenvalue weighted by Crippen LogP contribution is 2.24. The average molecular weight is 170 g/mol. The molecule has 0 aliphatic heterocycles. The van der Waals surface area contributed by atoms with Crippen LogP contribution in [0.2, 0.25) is 0 Å². The quantitative estimate of drug-likeness (QED) is 0.546. The van der Waals surface area contributed by atoms with Crippen molar-refractivity contribution in [2.75, 3.05) is 0 Å². The summed E-state index contributed by atoms with van der Waals surface area (Å²) >= 11 is 0. The van der Waals surface area contributed by atoms with E-state index in [1.165, 1.54) is 5.57 Å². The van der Waals surface area contributed by atoms with Crippen molar-refractivity contribution >= 4 is 0 Å². The number of allylic oxidation sites excluding steroid dienone is 1. The molecule has 12 heavy (non-hydrogen) atoms. The monoisotopic (exact) mass is 170 g/mol. The average Bonchev–Trinajstić information content (AvgIpc) is 2.05. The van der Waals surface area contributed by atoms with Crippen LogP contribution < -0.4 is 0 Å². The van der Waals surface area contributed by atoms with Crippen molar-refractivity contribution in [1.82, 2.24) is 0 Å². The second-order valence-electron chi connectivity index (χ2n) is 3.74. The summed E-state index contributed by atoms with van der Waals surface area (Å²) in [7, 11) is 0. The third-order valence-electron chi connectivity index (χ3n) is 2.62. The SMILES string of the molecule is C=C(C)C(C)[C@@H](C)C(C)C.CC. The summed E-state index contributed by atoms with van der Waals surface area (Å²) in [5, 5.41) is 0. The summed E-state index contributed by atoms with van der Waals surface area (Å²) in [4.78, 5) is 0. The van der Waals surface area contributed by atoms with Gasteiger partial charge in [-0.25, -0.2) is 0 Å². The molecule has 0 aromatic rings. The molecule has 0 nitrogen and oxygen atoms in total. The van der Waals surface area contributed by atoms with Crippen molar-refractivity contribution < 1.29 is 0 Å². The third kappa shape index (κ3) is 5.40. The fourth-order valence-electron chi connectivity index (χ4n) is 1.03. The van der Waals surface area contributed by atoms with Crippen LogP contribution in [-0.4, -0.2) is 0 Å². The molecule has 0 aromatic heterocycles. The standard InChI is InChI=1S/C10H20.C2H6/c1-7(2)9(5)10(6)8(3)4;1-2/h8-10H,1H2,2-6H3;1-2H3/t9?,10-;/m0./s1. The van der Waals surface area contributed by atoms with Crippen molar-refractivity contribution in [3.8, 4) is 0 Å². The van der Waals surface area contributed by atoms with E-state index in [-0.39, 0.29) is 0 Å². The van der Waals surface area contributed by atoms with E-state index in [4.69, 9.17) is 0 Å². The van der Waals surface area contributed by atoms with Gasteiger partial charge in [0.2, 0.25) is 0 Å². The van der Waals surface area contributed by atoms with Crippen molar-refractivity contribution in [2.45, 2.75) is 48.5 Å². The summed E-state index contributed by atoms with van der Waals surface area (Å²) in [6.45, 7) is 19.2. The molecule has 0 N–H and O–H groups in total. The summed E-state index contributed by atoms with van der Waals surface area (Å²) in [5.74, 6) is 2.20. The van der Waals surface area contributed by atoms with Gasteiger partial charge in [0.15, 0.2) is 0 Å². The highest BCUT2D eigenvalue weighted by Gasteiger charge is 2.15. The Morgan fingerprint density at radius 1 is 1.00 bits per heavy atom. The molecule has 0 radical (unpaired) electrons. The molecule has 74 valence electrons. The van der Waals surface area contributed by atoms with Gasteiger partial charge in [0.25, 0.3) is 0 Å². The smallest absolute Gasteiger partial charge is 0.0209 e. The fraction of sp³-hybridized carbons (Fsp3) is 0.833. The molecule has 0 fully saturated rings. The van der Waals surface area contributed by atoms with Gasteiger partial charge < -0.3 is 0 Å². The van der Waals surface area contributed by atoms with Crippen LogP contribution in [0.1, 0.15) is 48.5 Å². The van der Waals surface area contributed by atoms with E-state index in [2.05, 4.69) is 41.2 Å². The van der Waals surface area contributed by atoms with Gasteiger partial charge in [-0.2, -0.15) is 0 Å². The van der Waals surface area contributed by atoms with Gasteiger partial charge in [-0.3, -0.25) is 0 Å². The highest BCUT2D eigenvalue weighted by atomic mass is 14.2. The Labute approximate surface area is 79.1 Å². The molecular formula is C12H26. The molecule has 0 saturated carbocycles. The molecule has 0 heterocycles. The first-order valence-electron chi connectivity index (χ1n) is 5.12. The summed E-state index contributed by atoms with van der Waals surface area (Å²) in [6, 6.07) is 0. The Balaban J connectivity index is 0. The molecule has 0 bridgehead atoms. The van der Waals surface area contributed by atoms with Crippen LogP contribution in [0.4, 0.5) is 0 Å². The normalized spacial score (nSPS) is 14.7. The second-order valence-corrected chi connectivity index (χ2v) is 3.74. The Hall–Kier alpha value is -0.260. The van der Waals surface area contributed by atoms with Crippen LogP contribution in [0.15, 0.2) is 12.2 Å². The first kappa shape index (κ1) is 14.3. The van der Waals surface area contributed by atoms with Crippen molar-refractivity contribution in [2.24, 2.45) is 17.8 Å². The second kappa shape index (κ2) is 7.39. The van der Waals surface area contributed by atoms with Gasteiger partial charge in [0, 0.05) is 0 Å². The first-order chi connectivity index (χ1) is 5.46. The minimum atomic E-state index is 0.667. The molecule has 0 heteroatoms. The van der Waals surface area contributed by atoms with Crippen LogP contribution in [0.5, 0.6) is 0 Å². The third-order valence-corrected chi connectivity index (χ3v) is 2.62. The van der Waals surface area contributed by atoms with E-state index in [0.717, 1.165) is 11.8 Å². The van der Waals surface area contributed by atoms with Crippen molar-refractivity contribution in [3.05, 3.63) is 12.2 Å². The molecule has 2 atom stereocenters. The molecule has 0 spiro atoms.